The highest BCUT2D eigenvalue weighted by molar-refractivity contribution is 6.31. The van der Waals surface area contributed by atoms with E-state index in [1.165, 1.54) is 0 Å². The standard InChI is InChI=1S/C19H26ClN3O/c1-14(2)11-23(12-15(3)4)13-17(9-21)19(24)22-10-16-7-5-6-8-18(16)20/h5-8,13-15H,10-12H2,1-4H3,(H,22,24)/b17-13-. The molecular formula is C19H26ClN3O. The molecule has 4 nitrogen and oxygen atoms in total. The van der Waals surface area contributed by atoms with Crippen molar-refractivity contribution in [3.05, 3.63) is 46.6 Å². The van der Waals surface area contributed by atoms with Gasteiger partial charge >= 0.3 is 0 Å². The number of rotatable bonds is 8. The van der Waals surface area contributed by atoms with Crippen LogP contribution in [0.3, 0.4) is 0 Å². The molecule has 1 N–H and O–H groups in total. The predicted octanol–water partition coefficient (Wildman–Crippen LogP) is 3.98. The summed E-state index contributed by atoms with van der Waals surface area (Å²) < 4.78 is 0. The van der Waals surface area contributed by atoms with Crippen molar-refractivity contribution in [1.29, 1.82) is 5.26 Å². The van der Waals surface area contributed by atoms with Crippen LogP contribution in [-0.2, 0) is 11.3 Å². The molecule has 1 amide bonds. The molecule has 24 heavy (non-hydrogen) atoms. The van der Waals surface area contributed by atoms with Gasteiger partial charge in [0.15, 0.2) is 0 Å². The second kappa shape index (κ2) is 10.00. The third-order valence-electron chi connectivity index (χ3n) is 3.27. The zero-order chi connectivity index (χ0) is 18.1. The topological polar surface area (TPSA) is 56.1 Å². The maximum Gasteiger partial charge on any atom is 0.263 e. The SMILES string of the molecule is CC(C)CN(/C=C(/C#N)C(=O)NCc1ccccc1Cl)CC(C)C. The Morgan fingerprint density at radius 1 is 1.25 bits per heavy atom. The predicted molar refractivity (Wildman–Crippen MR) is 98.2 cm³/mol. The van der Waals surface area contributed by atoms with Gasteiger partial charge in [-0.2, -0.15) is 5.26 Å². The molecule has 0 bridgehead atoms. The van der Waals surface area contributed by atoms with Crippen molar-refractivity contribution in [2.75, 3.05) is 13.1 Å². The Bertz CT molecular complexity index is 607. The molecule has 0 saturated carbocycles. The second-order valence-corrected chi connectivity index (χ2v) is 7.08. The Kier molecular flexibility index (Phi) is 8.35. The minimum Gasteiger partial charge on any atom is -0.376 e. The van der Waals surface area contributed by atoms with E-state index in [1.54, 1.807) is 12.3 Å². The quantitative estimate of drug-likeness (QED) is 0.571. The van der Waals surface area contributed by atoms with Gasteiger partial charge in [0.2, 0.25) is 0 Å². The van der Waals surface area contributed by atoms with Crippen LogP contribution in [0, 0.1) is 23.2 Å². The van der Waals surface area contributed by atoms with Crippen LogP contribution in [0.4, 0.5) is 0 Å². The zero-order valence-electron chi connectivity index (χ0n) is 14.8. The first-order valence-electron chi connectivity index (χ1n) is 8.21. The normalized spacial score (nSPS) is 11.5. The van der Waals surface area contributed by atoms with Gasteiger partial charge in [0.1, 0.15) is 11.6 Å². The van der Waals surface area contributed by atoms with Crippen molar-refractivity contribution >= 4 is 17.5 Å². The number of nitriles is 1. The summed E-state index contributed by atoms with van der Waals surface area (Å²) in [5.41, 5.74) is 0.939. The zero-order valence-corrected chi connectivity index (χ0v) is 15.6. The molecule has 0 aliphatic rings. The van der Waals surface area contributed by atoms with Gasteiger partial charge in [-0.3, -0.25) is 4.79 Å². The Balaban J connectivity index is 2.79. The summed E-state index contributed by atoms with van der Waals surface area (Å²) >= 11 is 6.08. The van der Waals surface area contributed by atoms with Crippen LogP contribution in [-0.4, -0.2) is 23.9 Å². The molecule has 0 unspecified atom stereocenters. The molecule has 130 valence electrons. The van der Waals surface area contributed by atoms with Crippen molar-refractivity contribution in [3.8, 4) is 6.07 Å². The molecular weight excluding hydrogens is 322 g/mol. The van der Waals surface area contributed by atoms with Gasteiger partial charge in [0, 0.05) is 30.9 Å². The van der Waals surface area contributed by atoms with E-state index in [0.717, 1.165) is 18.7 Å². The highest BCUT2D eigenvalue weighted by atomic mass is 35.5. The van der Waals surface area contributed by atoms with Gasteiger partial charge in [-0.25, -0.2) is 0 Å². The van der Waals surface area contributed by atoms with Crippen LogP contribution in [0.25, 0.3) is 0 Å². The van der Waals surface area contributed by atoms with E-state index in [1.807, 2.05) is 29.2 Å². The largest absolute Gasteiger partial charge is 0.376 e. The third kappa shape index (κ3) is 7.06. The van der Waals surface area contributed by atoms with Crippen molar-refractivity contribution in [2.45, 2.75) is 34.2 Å². The lowest BCUT2D eigenvalue weighted by Crippen LogP contribution is -2.30. The number of amides is 1. The van der Waals surface area contributed by atoms with E-state index in [-0.39, 0.29) is 11.5 Å². The van der Waals surface area contributed by atoms with Crippen LogP contribution in [0.15, 0.2) is 36.0 Å². The fraction of sp³-hybridized carbons (Fsp3) is 0.474. The fourth-order valence-corrected chi connectivity index (χ4v) is 2.55. The van der Waals surface area contributed by atoms with Crippen LogP contribution in [0.5, 0.6) is 0 Å². The number of nitrogens with zero attached hydrogens (tertiary/aromatic N) is 2. The van der Waals surface area contributed by atoms with Gasteiger partial charge in [-0.1, -0.05) is 57.5 Å². The van der Waals surface area contributed by atoms with E-state index < -0.39 is 0 Å². The first-order valence-corrected chi connectivity index (χ1v) is 8.58. The summed E-state index contributed by atoms with van der Waals surface area (Å²) in [5.74, 6) is 0.521. The number of nitrogens with one attached hydrogen (secondary N) is 1. The summed E-state index contributed by atoms with van der Waals surface area (Å²) in [6.07, 6.45) is 1.67. The number of hydrogen-bond donors (Lipinski definition) is 1. The van der Waals surface area contributed by atoms with Crippen LogP contribution < -0.4 is 5.32 Å². The smallest absolute Gasteiger partial charge is 0.263 e. The summed E-state index contributed by atoms with van der Waals surface area (Å²) in [5, 5.41) is 12.7. The number of hydrogen-bond acceptors (Lipinski definition) is 3. The van der Waals surface area contributed by atoms with Gasteiger partial charge in [-0.15, -0.1) is 0 Å². The number of carbonyl (C=O) groups excluding carboxylic acids is 1. The average Bonchev–Trinajstić information content (AvgIpc) is 2.50. The monoisotopic (exact) mass is 347 g/mol. The average molecular weight is 348 g/mol. The van der Waals surface area contributed by atoms with E-state index in [2.05, 4.69) is 33.0 Å². The summed E-state index contributed by atoms with van der Waals surface area (Å²) in [7, 11) is 0. The van der Waals surface area contributed by atoms with E-state index >= 15 is 0 Å². The highest BCUT2D eigenvalue weighted by Gasteiger charge is 2.13. The minimum atomic E-state index is -0.380. The number of carbonyl (C=O) groups is 1. The summed E-state index contributed by atoms with van der Waals surface area (Å²) in [6, 6.07) is 9.33. The van der Waals surface area contributed by atoms with Crippen LogP contribution in [0.1, 0.15) is 33.3 Å². The lowest BCUT2D eigenvalue weighted by molar-refractivity contribution is -0.117. The van der Waals surface area contributed by atoms with Crippen LogP contribution in [0.2, 0.25) is 5.02 Å². The fourth-order valence-electron chi connectivity index (χ4n) is 2.35. The van der Waals surface area contributed by atoms with E-state index in [0.29, 0.717) is 23.4 Å². The van der Waals surface area contributed by atoms with Gasteiger partial charge in [-0.05, 0) is 23.5 Å². The van der Waals surface area contributed by atoms with E-state index in [9.17, 15) is 10.1 Å². The number of benzene rings is 1. The van der Waals surface area contributed by atoms with Gasteiger partial charge in [0.25, 0.3) is 5.91 Å². The Hall–Kier alpha value is -1.99. The Labute approximate surface area is 150 Å². The maximum atomic E-state index is 12.3. The Morgan fingerprint density at radius 3 is 2.33 bits per heavy atom. The molecule has 0 aromatic heterocycles. The molecule has 0 aliphatic carbocycles. The van der Waals surface area contributed by atoms with E-state index in [4.69, 9.17) is 11.6 Å². The molecule has 0 radical (unpaired) electrons. The molecule has 0 heterocycles. The lowest BCUT2D eigenvalue weighted by Gasteiger charge is -2.25. The molecule has 1 rings (SSSR count). The molecule has 1 aromatic carbocycles. The molecule has 0 saturated heterocycles. The first-order chi connectivity index (χ1) is 11.3. The molecule has 1 aromatic rings. The summed E-state index contributed by atoms with van der Waals surface area (Å²) in [6.45, 7) is 10.4. The molecule has 0 spiro atoms. The third-order valence-corrected chi connectivity index (χ3v) is 3.64. The highest BCUT2D eigenvalue weighted by Crippen LogP contribution is 2.14. The van der Waals surface area contributed by atoms with Crippen molar-refractivity contribution in [2.24, 2.45) is 11.8 Å². The number of halogens is 1. The van der Waals surface area contributed by atoms with Crippen molar-refractivity contribution < 1.29 is 4.79 Å². The van der Waals surface area contributed by atoms with Crippen molar-refractivity contribution in [3.63, 3.8) is 0 Å². The summed E-state index contributed by atoms with van der Waals surface area (Å²) in [4.78, 5) is 14.3. The second-order valence-electron chi connectivity index (χ2n) is 6.67. The lowest BCUT2D eigenvalue weighted by atomic mass is 10.1. The molecule has 5 heteroatoms. The molecule has 0 atom stereocenters. The van der Waals surface area contributed by atoms with Gasteiger partial charge in [0.05, 0.1) is 0 Å². The Morgan fingerprint density at radius 2 is 1.83 bits per heavy atom. The molecule has 0 fully saturated rings. The maximum absolute atomic E-state index is 12.3. The van der Waals surface area contributed by atoms with Crippen LogP contribution >= 0.6 is 11.6 Å². The van der Waals surface area contributed by atoms with Crippen molar-refractivity contribution in [1.82, 2.24) is 10.2 Å². The molecule has 0 aliphatic heterocycles. The minimum absolute atomic E-state index is 0.114. The van der Waals surface area contributed by atoms with Gasteiger partial charge < -0.3 is 10.2 Å². The first kappa shape index (κ1) is 20.1.